The molecule has 0 aromatic heterocycles. The summed E-state index contributed by atoms with van der Waals surface area (Å²) in [4.78, 5) is 3.58. The van der Waals surface area contributed by atoms with Crippen molar-refractivity contribution in [3.8, 4) is 0 Å². The van der Waals surface area contributed by atoms with Gasteiger partial charge in [0.2, 0.25) is 0 Å². The zero-order valence-electron chi connectivity index (χ0n) is 14.0. The third kappa shape index (κ3) is 4.94. The summed E-state index contributed by atoms with van der Waals surface area (Å²) in [5.41, 5.74) is 3.74. The molecule has 2 nitrogen and oxygen atoms in total. The highest BCUT2D eigenvalue weighted by Gasteiger charge is 2.25. The summed E-state index contributed by atoms with van der Waals surface area (Å²) in [7, 11) is 0. The normalized spacial score (nSPS) is 18.6. The number of hydrogen-bond donors (Lipinski definition) is 1. The van der Waals surface area contributed by atoms with Crippen LogP contribution in [0, 0.1) is 13.8 Å². The van der Waals surface area contributed by atoms with Crippen LogP contribution in [0.2, 0.25) is 0 Å². The van der Waals surface area contributed by atoms with E-state index in [1.165, 1.54) is 62.0 Å². The fraction of sp³-hybridized carbons (Fsp3) is 0.611. The van der Waals surface area contributed by atoms with E-state index in [1.807, 2.05) is 0 Å². The molecule has 1 aliphatic heterocycles. The molecule has 1 saturated heterocycles. The van der Waals surface area contributed by atoms with Gasteiger partial charge in [0.25, 0.3) is 0 Å². The molecule has 1 N–H and O–H groups in total. The van der Waals surface area contributed by atoms with Gasteiger partial charge in [-0.1, -0.05) is 50.2 Å². The largest absolute Gasteiger partial charge is 0.348 e. The predicted molar refractivity (Wildman–Crippen MR) is 104 cm³/mol. The molecule has 0 saturated carbocycles. The zero-order chi connectivity index (χ0) is 15.2. The standard InChI is InChI=1S/C18H28N2S.ClH/c1-4-5-12-20-13-7-6-11-16(20)18(21)19-17-14(2)9-8-10-15(17)3;/h8-10,16H,4-7,11-13H2,1-3H3,(H,19,21);1H. The number of nitrogens with one attached hydrogen (secondary N) is 1. The van der Waals surface area contributed by atoms with Gasteiger partial charge in [-0.2, -0.15) is 0 Å². The lowest BCUT2D eigenvalue weighted by molar-refractivity contribution is 0.191. The third-order valence-electron chi connectivity index (χ3n) is 4.44. The smallest absolute Gasteiger partial charge is 0.0972 e. The van der Waals surface area contributed by atoms with E-state index in [0.29, 0.717) is 6.04 Å². The number of hydrogen-bond acceptors (Lipinski definition) is 2. The van der Waals surface area contributed by atoms with Gasteiger partial charge in [-0.3, -0.25) is 4.90 Å². The molecule has 1 aliphatic rings. The second-order valence-corrected chi connectivity index (χ2v) is 6.60. The number of benzene rings is 1. The molecule has 1 heterocycles. The summed E-state index contributed by atoms with van der Waals surface area (Å²) < 4.78 is 0. The van der Waals surface area contributed by atoms with Crippen LogP contribution in [0.1, 0.15) is 50.2 Å². The Kier molecular flexibility index (Phi) is 8.37. The number of halogens is 1. The first kappa shape index (κ1) is 19.4. The topological polar surface area (TPSA) is 15.3 Å². The van der Waals surface area contributed by atoms with Crippen molar-refractivity contribution in [2.75, 3.05) is 18.4 Å². The number of aryl methyl sites for hydroxylation is 2. The molecule has 1 fully saturated rings. The van der Waals surface area contributed by atoms with Crippen LogP contribution in [0.15, 0.2) is 18.2 Å². The van der Waals surface area contributed by atoms with Crippen molar-refractivity contribution in [1.29, 1.82) is 0 Å². The number of para-hydroxylation sites is 1. The average Bonchev–Trinajstić information content (AvgIpc) is 2.49. The van der Waals surface area contributed by atoms with Crippen molar-refractivity contribution in [2.45, 2.75) is 58.9 Å². The number of likely N-dealkylation sites (tertiary alicyclic amines) is 1. The van der Waals surface area contributed by atoms with Gasteiger partial charge in [0.15, 0.2) is 0 Å². The number of anilines is 1. The minimum Gasteiger partial charge on any atom is -0.348 e. The van der Waals surface area contributed by atoms with E-state index in [2.05, 4.69) is 49.2 Å². The van der Waals surface area contributed by atoms with Crippen LogP contribution < -0.4 is 5.32 Å². The second kappa shape index (κ2) is 9.49. The highest BCUT2D eigenvalue weighted by Crippen LogP contribution is 2.24. The Balaban J connectivity index is 0.00000242. The van der Waals surface area contributed by atoms with Crippen molar-refractivity contribution in [3.63, 3.8) is 0 Å². The van der Waals surface area contributed by atoms with Gasteiger partial charge in [0.05, 0.1) is 11.0 Å². The summed E-state index contributed by atoms with van der Waals surface area (Å²) >= 11 is 5.75. The molecule has 2 rings (SSSR count). The van der Waals surface area contributed by atoms with Gasteiger partial charge in [0, 0.05) is 5.69 Å². The van der Waals surface area contributed by atoms with Crippen LogP contribution in [0.25, 0.3) is 0 Å². The number of thiocarbonyl (C=S) groups is 1. The van der Waals surface area contributed by atoms with E-state index < -0.39 is 0 Å². The second-order valence-electron chi connectivity index (χ2n) is 6.16. The molecule has 22 heavy (non-hydrogen) atoms. The van der Waals surface area contributed by atoms with Crippen molar-refractivity contribution >= 4 is 35.3 Å². The Bertz CT molecular complexity index is 470. The van der Waals surface area contributed by atoms with Gasteiger partial charge in [-0.05, 0) is 57.3 Å². The molecule has 0 bridgehead atoms. The molecule has 0 aliphatic carbocycles. The van der Waals surface area contributed by atoms with Crippen molar-refractivity contribution in [2.24, 2.45) is 0 Å². The minimum absolute atomic E-state index is 0. The SMILES string of the molecule is CCCCN1CCCCC1C(=S)Nc1c(C)cccc1C.Cl. The molecule has 0 amide bonds. The predicted octanol–water partition coefficient (Wildman–Crippen LogP) is 5.12. The minimum atomic E-state index is 0. The van der Waals surface area contributed by atoms with E-state index in [-0.39, 0.29) is 12.4 Å². The Morgan fingerprint density at radius 1 is 1.27 bits per heavy atom. The van der Waals surface area contributed by atoms with Crippen LogP contribution in [0.5, 0.6) is 0 Å². The summed E-state index contributed by atoms with van der Waals surface area (Å²) in [5.74, 6) is 0. The molecule has 1 unspecified atom stereocenters. The average molecular weight is 341 g/mol. The first-order valence-corrected chi connectivity index (χ1v) is 8.65. The summed E-state index contributed by atoms with van der Waals surface area (Å²) in [5, 5.41) is 3.54. The lowest BCUT2D eigenvalue weighted by Crippen LogP contribution is -2.46. The van der Waals surface area contributed by atoms with E-state index in [4.69, 9.17) is 12.2 Å². The Labute approximate surface area is 147 Å². The van der Waals surface area contributed by atoms with Gasteiger partial charge < -0.3 is 5.32 Å². The number of unbranched alkanes of at least 4 members (excludes halogenated alkanes) is 1. The maximum Gasteiger partial charge on any atom is 0.0972 e. The molecular weight excluding hydrogens is 312 g/mol. The molecule has 124 valence electrons. The quantitative estimate of drug-likeness (QED) is 0.749. The number of nitrogens with zero attached hydrogens (tertiary/aromatic N) is 1. The Morgan fingerprint density at radius 3 is 2.59 bits per heavy atom. The van der Waals surface area contributed by atoms with Crippen LogP contribution in [0.4, 0.5) is 5.69 Å². The summed E-state index contributed by atoms with van der Waals surface area (Å²) in [6.45, 7) is 8.92. The highest BCUT2D eigenvalue weighted by molar-refractivity contribution is 7.80. The highest BCUT2D eigenvalue weighted by atomic mass is 35.5. The zero-order valence-corrected chi connectivity index (χ0v) is 15.7. The maximum atomic E-state index is 5.75. The molecule has 0 spiro atoms. The van der Waals surface area contributed by atoms with Crippen molar-refractivity contribution in [1.82, 2.24) is 4.90 Å². The van der Waals surface area contributed by atoms with E-state index in [9.17, 15) is 0 Å². The lowest BCUT2D eigenvalue weighted by Gasteiger charge is -2.36. The van der Waals surface area contributed by atoms with Crippen LogP contribution in [-0.4, -0.2) is 29.0 Å². The third-order valence-corrected chi connectivity index (χ3v) is 4.82. The van der Waals surface area contributed by atoms with Gasteiger partial charge in [-0.25, -0.2) is 0 Å². The van der Waals surface area contributed by atoms with E-state index in [1.54, 1.807) is 0 Å². The molecule has 4 heteroatoms. The molecule has 1 atom stereocenters. The molecule has 1 aromatic rings. The van der Waals surface area contributed by atoms with Crippen LogP contribution >= 0.6 is 24.6 Å². The van der Waals surface area contributed by atoms with Crippen molar-refractivity contribution < 1.29 is 0 Å². The van der Waals surface area contributed by atoms with E-state index >= 15 is 0 Å². The van der Waals surface area contributed by atoms with Crippen LogP contribution in [0.3, 0.4) is 0 Å². The van der Waals surface area contributed by atoms with Gasteiger partial charge >= 0.3 is 0 Å². The molecular formula is C18H29ClN2S. The van der Waals surface area contributed by atoms with Gasteiger partial charge in [0.1, 0.15) is 0 Å². The Morgan fingerprint density at radius 2 is 1.95 bits per heavy atom. The first-order valence-electron chi connectivity index (χ1n) is 8.24. The summed E-state index contributed by atoms with van der Waals surface area (Å²) in [6, 6.07) is 6.81. The summed E-state index contributed by atoms with van der Waals surface area (Å²) in [6.07, 6.45) is 6.32. The Hall–Kier alpha value is -0.640. The fourth-order valence-electron chi connectivity index (χ4n) is 3.13. The number of piperidine rings is 1. The first-order chi connectivity index (χ1) is 10.1. The van der Waals surface area contributed by atoms with Gasteiger partial charge in [-0.15, -0.1) is 12.4 Å². The lowest BCUT2D eigenvalue weighted by atomic mass is 10.0. The van der Waals surface area contributed by atoms with Crippen LogP contribution in [-0.2, 0) is 0 Å². The molecule has 0 radical (unpaired) electrons. The number of rotatable bonds is 5. The maximum absolute atomic E-state index is 5.75. The molecule has 1 aromatic carbocycles. The van der Waals surface area contributed by atoms with E-state index in [0.717, 1.165) is 4.99 Å². The monoisotopic (exact) mass is 340 g/mol. The van der Waals surface area contributed by atoms with Crippen molar-refractivity contribution in [3.05, 3.63) is 29.3 Å². The fourth-order valence-corrected chi connectivity index (χ4v) is 3.50.